The molecular weight excluding hydrogens is 462 g/mol. The Morgan fingerprint density at radius 3 is 2.53 bits per heavy atom. The van der Waals surface area contributed by atoms with Crippen molar-refractivity contribution >= 4 is 27.7 Å². The first-order valence-electron chi connectivity index (χ1n) is 11.0. The maximum Gasteiger partial charge on any atom is 0.273 e. The molecule has 1 aromatic carbocycles. The molecule has 0 aliphatic carbocycles. The SMILES string of the molecule is C[C@@H]1NC(=O)[C@@H](NS(C)(=O)=O)CCCCNC(=O)[C@H](Cc2ccccc2)NC(=O)c2coc1n2. The normalized spacial score (nSPS) is 23.0. The molecule has 2 bridgehead atoms. The molecule has 1 aliphatic rings. The predicted octanol–water partition coefficient (Wildman–Crippen LogP) is 0.411. The molecular formula is C22H29N5O6S. The van der Waals surface area contributed by atoms with E-state index in [0.717, 1.165) is 18.1 Å². The summed E-state index contributed by atoms with van der Waals surface area (Å²) in [5, 5.41) is 8.18. The van der Waals surface area contributed by atoms with Gasteiger partial charge in [0.15, 0.2) is 5.69 Å². The van der Waals surface area contributed by atoms with Crippen LogP contribution in [0.5, 0.6) is 0 Å². The summed E-state index contributed by atoms with van der Waals surface area (Å²) in [6, 6.07) is 6.76. The zero-order valence-electron chi connectivity index (χ0n) is 19.0. The van der Waals surface area contributed by atoms with Crippen molar-refractivity contribution in [3.8, 4) is 0 Å². The molecule has 184 valence electrons. The number of oxazole rings is 1. The van der Waals surface area contributed by atoms with Crippen LogP contribution in [-0.2, 0) is 26.0 Å². The Morgan fingerprint density at radius 2 is 1.82 bits per heavy atom. The summed E-state index contributed by atoms with van der Waals surface area (Å²) >= 11 is 0. The third kappa shape index (κ3) is 7.39. The van der Waals surface area contributed by atoms with Crippen molar-refractivity contribution in [2.75, 3.05) is 12.8 Å². The van der Waals surface area contributed by atoms with E-state index >= 15 is 0 Å². The van der Waals surface area contributed by atoms with Gasteiger partial charge in [-0.1, -0.05) is 30.3 Å². The van der Waals surface area contributed by atoms with Crippen LogP contribution in [0, 0.1) is 0 Å². The smallest absolute Gasteiger partial charge is 0.273 e. The second kappa shape index (κ2) is 11.3. The zero-order chi connectivity index (χ0) is 24.7. The second-order valence-electron chi connectivity index (χ2n) is 8.25. The monoisotopic (exact) mass is 491 g/mol. The molecule has 1 aliphatic heterocycles. The van der Waals surface area contributed by atoms with Crippen molar-refractivity contribution in [3.05, 3.63) is 53.7 Å². The molecule has 0 spiro atoms. The highest BCUT2D eigenvalue weighted by molar-refractivity contribution is 7.88. The number of carbonyl (C=O) groups is 3. The van der Waals surface area contributed by atoms with E-state index in [1.54, 1.807) is 6.92 Å². The Kier molecular flexibility index (Phi) is 8.40. The lowest BCUT2D eigenvalue weighted by atomic mass is 10.0. The van der Waals surface area contributed by atoms with Gasteiger partial charge in [-0.25, -0.2) is 18.1 Å². The van der Waals surface area contributed by atoms with E-state index in [-0.39, 0.29) is 30.3 Å². The molecule has 3 atom stereocenters. The molecule has 4 N–H and O–H groups in total. The van der Waals surface area contributed by atoms with Crippen LogP contribution < -0.4 is 20.7 Å². The van der Waals surface area contributed by atoms with Gasteiger partial charge in [0.25, 0.3) is 5.91 Å². The van der Waals surface area contributed by atoms with E-state index in [2.05, 4.69) is 25.7 Å². The number of amides is 3. The van der Waals surface area contributed by atoms with Crippen molar-refractivity contribution in [3.63, 3.8) is 0 Å². The molecule has 0 saturated heterocycles. The number of rotatable bonds is 4. The Bertz CT molecular complexity index is 1120. The van der Waals surface area contributed by atoms with Crippen molar-refractivity contribution in [2.24, 2.45) is 0 Å². The first kappa shape index (κ1) is 25.4. The van der Waals surface area contributed by atoms with Crippen molar-refractivity contribution < 1.29 is 27.2 Å². The summed E-state index contributed by atoms with van der Waals surface area (Å²) in [7, 11) is -3.63. The molecule has 11 nitrogen and oxygen atoms in total. The Labute approximate surface area is 198 Å². The zero-order valence-corrected chi connectivity index (χ0v) is 19.9. The topological polar surface area (TPSA) is 160 Å². The van der Waals surface area contributed by atoms with Gasteiger partial charge in [-0.2, -0.15) is 0 Å². The lowest BCUT2D eigenvalue weighted by molar-refractivity contribution is -0.124. The highest BCUT2D eigenvalue weighted by Gasteiger charge is 2.27. The van der Waals surface area contributed by atoms with E-state index < -0.39 is 40.0 Å². The number of aromatic nitrogens is 1. The number of hydrogen-bond acceptors (Lipinski definition) is 7. The number of fused-ring (bicyclic) bond motifs is 2. The molecule has 3 rings (SSSR count). The van der Waals surface area contributed by atoms with Gasteiger partial charge < -0.3 is 20.4 Å². The van der Waals surface area contributed by atoms with Crippen molar-refractivity contribution in [1.82, 2.24) is 25.7 Å². The first-order valence-corrected chi connectivity index (χ1v) is 12.9. The fraction of sp³-hybridized carbons (Fsp3) is 0.455. The summed E-state index contributed by atoms with van der Waals surface area (Å²) in [5.41, 5.74) is 0.837. The Morgan fingerprint density at radius 1 is 1.09 bits per heavy atom. The van der Waals surface area contributed by atoms with Crippen LogP contribution in [0.25, 0.3) is 0 Å². The average molecular weight is 492 g/mol. The third-order valence-corrected chi connectivity index (χ3v) is 5.99. The number of nitrogens with one attached hydrogen (secondary N) is 4. The summed E-state index contributed by atoms with van der Waals surface area (Å²) in [4.78, 5) is 42.5. The minimum atomic E-state index is -3.63. The Hall–Kier alpha value is -3.25. The van der Waals surface area contributed by atoms with E-state index in [1.165, 1.54) is 0 Å². The maximum atomic E-state index is 12.9. The van der Waals surface area contributed by atoms with Gasteiger partial charge in [-0.15, -0.1) is 0 Å². The fourth-order valence-electron chi connectivity index (χ4n) is 3.57. The van der Waals surface area contributed by atoms with E-state index in [1.807, 2.05) is 30.3 Å². The maximum absolute atomic E-state index is 12.9. The molecule has 12 heteroatoms. The van der Waals surface area contributed by atoms with Crippen LogP contribution in [0.15, 0.2) is 41.0 Å². The number of nitrogens with zero attached hydrogens (tertiary/aromatic N) is 1. The first-order chi connectivity index (χ1) is 16.1. The van der Waals surface area contributed by atoms with Gasteiger partial charge in [-0.05, 0) is 31.7 Å². The number of hydrogen-bond donors (Lipinski definition) is 4. The van der Waals surface area contributed by atoms with Crippen LogP contribution in [0.4, 0.5) is 0 Å². The van der Waals surface area contributed by atoms with Crippen LogP contribution in [-0.4, -0.2) is 56.0 Å². The molecule has 2 aromatic rings. The summed E-state index contributed by atoms with van der Waals surface area (Å²) < 4.78 is 31.2. The molecule has 0 fully saturated rings. The number of carbonyl (C=O) groups excluding carboxylic acids is 3. The molecule has 3 amide bonds. The van der Waals surface area contributed by atoms with E-state index in [0.29, 0.717) is 19.4 Å². The van der Waals surface area contributed by atoms with Crippen molar-refractivity contribution in [2.45, 2.75) is 50.7 Å². The van der Waals surface area contributed by atoms with Crippen LogP contribution in [0.2, 0.25) is 0 Å². The van der Waals surface area contributed by atoms with Gasteiger partial charge in [-0.3, -0.25) is 14.4 Å². The number of benzene rings is 1. The average Bonchev–Trinajstić information content (AvgIpc) is 3.27. The molecule has 2 heterocycles. The lowest BCUT2D eigenvalue weighted by Crippen LogP contribution is -2.48. The van der Waals surface area contributed by atoms with Crippen LogP contribution in [0.3, 0.4) is 0 Å². The number of sulfonamides is 1. The standard InChI is InChI=1S/C22H29N5O6S/c1-14-22-26-18(13-33-22)21(30)25-17(12-15-8-4-3-5-9-15)19(28)23-11-7-6-10-16(20(29)24-14)27-34(2,31)32/h3-5,8-9,13-14,16-17,27H,6-7,10-12H2,1-2H3,(H,23,28)(H,24,29)(H,25,30)/t14-,16-,17-/m0/s1. The largest absolute Gasteiger partial charge is 0.446 e. The summed E-state index contributed by atoms with van der Waals surface area (Å²) in [6.07, 6.45) is 3.65. The van der Waals surface area contributed by atoms with E-state index in [9.17, 15) is 22.8 Å². The van der Waals surface area contributed by atoms with Gasteiger partial charge in [0.2, 0.25) is 27.7 Å². The highest BCUT2D eigenvalue weighted by Crippen LogP contribution is 2.14. The van der Waals surface area contributed by atoms with Gasteiger partial charge >= 0.3 is 0 Å². The molecule has 0 unspecified atom stereocenters. The fourth-order valence-corrected chi connectivity index (χ4v) is 4.31. The Balaban J connectivity index is 1.83. The molecule has 34 heavy (non-hydrogen) atoms. The summed E-state index contributed by atoms with van der Waals surface area (Å²) in [5.74, 6) is -1.41. The van der Waals surface area contributed by atoms with E-state index in [4.69, 9.17) is 4.42 Å². The quantitative estimate of drug-likeness (QED) is 0.482. The minimum absolute atomic E-state index is 0.0418. The van der Waals surface area contributed by atoms with Crippen LogP contribution >= 0.6 is 0 Å². The highest BCUT2D eigenvalue weighted by atomic mass is 32.2. The van der Waals surface area contributed by atoms with Crippen LogP contribution in [0.1, 0.15) is 54.2 Å². The van der Waals surface area contributed by atoms with Gasteiger partial charge in [0, 0.05) is 13.0 Å². The van der Waals surface area contributed by atoms with Crippen molar-refractivity contribution in [1.29, 1.82) is 0 Å². The minimum Gasteiger partial charge on any atom is -0.446 e. The molecule has 0 radical (unpaired) electrons. The summed E-state index contributed by atoms with van der Waals surface area (Å²) in [6.45, 7) is 1.91. The third-order valence-electron chi connectivity index (χ3n) is 5.28. The van der Waals surface area contributed by atoms with Gasteiger partial charge in [0.1, 0.15) is 24.4 Å². The lowest BCUT2D eigenvalue weighted by Gasteiger charge is -2.20. The second-order valence-corrected chi connectivity index (χ2v) is 10.0. The molecule has 0 saturated carbocycles. The predicted molar refractivity (Wildman–Crippen MR) is 123 cm³/mol. The van der Waals surface area contributed by atoms with Gasteiger partial charge in [0.05, 0.1) is 6.26 Å². The molecule has 1 aromatic heterocycles.